The molecule has 0 N–H and O–H groups in total. The molecular formula is C71H53F6N3. The van der Waals surface area contributed by atoms with Crippen molar-refractivity contribution in [3.8, 4) is 73.1 Å². The number of hydrogen-bond acceptors (Lipinski definition) is 1. The van der Waals surface area contributed by atoms with Gasteiger partial charge in [0, 0.05) is 27.1 Å². The van der Waals surface area contributed by atoms with Gasteiger partial charge in [-0.1, -0.05) is 161 Å². The van der Waals surface area contributed by atoms with Crippen LogP contribution in [0.5, 0.6) is 0 Å². The molecule has 2 aromatic heterocycles. The van der Waals surface area contributed by atoms with Gasteiger partial charge in [-0.2, -0.15) is 31.6 Å². The van der Waals surface area contributed by atoms with Crippen LogP contribution in [0, 0.1) is 66.7 Å². The monoisotopic (exact) mass is 1060 g/mol. The van der Waals surface area contributed by atoms with Gasteiger partial charge in [-0.15, -0.1) is 0 Å². The second-order valence-corrected chi connectivity index (χ2v) is 21.8. The standard InChI is InChI=1S/C71H53F6N3/c1-39-21-40(2)25-53(24-39)50-12-17-58-57-16-11-49(48-10-9-45(7)46(8)30-48)33-63(57)79(64(58)34-50)67-31-47(38-78)32-68(69(67)61-20-15-56(70(72,73)74)37-62(61)71(75,76)77)80-65-35-51(54-26-41(3)22-42(4)27-54)13-18-59(65)60-19-14-52(36-66(60)80)55-28-43(5)23-44(6)29-55/h9-37H,1-8H3. The summed E-state index contributed by atoms with van der Waals surface area (Å²) < 4.78 is 96.8. The molecule has 0 unspecified atom stereocenters. The predicted octanol–water partition coefficient (Wildman–Crippen LogP) is 20.6. The minimum Gasteiger partial charge on any atom is -0.308 e. The molecule has 12 rings (SSSR count). The van der Waals surface area contributed by atoms with Crippen molar-refractivity contribution >= 4 is 43.6 Å². The van der Waals surface area contributed by atoms with Gasteiger partial charge in [-0.25, -0.2) is 0 Å². The van der Waals surface area contributed by atoms with Gasteiger partial charge in [0.2, 0.25) is 0 Å². The van der Waals surface area contributed by atoms with Gasteiger partial charge in [0.1, 0.15) is 0 Å². The van der Waals surface area contributed by atoms with Gasteiger partial charge >= 0.3 is 12.4 Å². The Balaban J connectivity index is 1.30. The van der Waals surface area contributed by atoms with Crippen LogP contribution >= 0.6 is 0 Å². The maximum Gasteiger partial charge on any atom is 0.417 e. The van der Waals surface area contributed by atoms with Crippen LogP contribution in [0.1, 0.15) is 61.2 Å². The van der Waals surface area contributed by atoms with Gasteiger partial charge in [0.05, 0.1) is 56.2 Å². The maximum atomic E-state index is 16.2. The van der Waals surface area contributed by atoms with Gasteiger partial charge in [-0.05, 0) is 165 Å². The maximum absolute atomic E-state index is 16.2. The third-order valence-electron chi connectivity index (χ3n) is 15.7. The van der Waals surface area contributed by atoms with Crippen LogP contribution in [0.25, 0.3) is 111 Å². The van der Waals surface area contributed by atoms with Gasteiger partial charge in [0.15, 0.2) is 0 Å². The molecule has 0 bridgehead atoms. The molecule has 10 aromatic carbocycles. The van der Waals surface area contributed by atoms with Crippen molar-refractivity contribution in [2.45, 2.75) is 67.7 Å². The Morgan fingerprint density at radius 1 is 0.338 bits per heavy atom. The van der Waals surface area contributed by atoms with E-state index in [0.717, 1.165) is 123 Å². The lowest BCUT2D eigenvalue weighted by Gasteiger charge is -2.24. The highest BCUT2D eigenvalue weighted by Crippen LogP contribution is 2.49. The van der Waals surface area contributed by atoms with Gasteiger partial charge in [0.25, 0.3) is 0 Å². The second-order valence-electron chi connectivity index (χ2n) is 21.8. The van der Waals surface area contributed by atoms with Gasteiger partial charge < -0.3 is 9.13 Å². The van der Waals surface area contributed by atoms with E-state index in [9.17, 15) is 18.4 Å². The molecule has 0 spiro atoms. The van der Waals surface area contributed by atoms with Crippen LogP contribution in [0.3, 0.4) is 0 Å². The van der Waals surface area contributed by atoms with Crippen LogP contribution in [0.2, 0.25) is 0 Å². The lowest BCUT2D eigenvalue weighted by atomic mass is 9.92. The molecule has 9 heteroatoms. The number of halogens is 6. The summed E-state index contributed by atoms with van der Waals surface area (Å²) in [5.41, 5.74) is 15.0. The molecule has 0 aliphatic heterocycles. The molecule has 0 saturated heterocycles. The fourth-order valence-electron chi connectivity index (χ4n) is 12.1. The van der Waals surface area contributed by atoms with E-state index in [-0.39, 0.29) is 28.6 Å². The summed E-state index contributed by atoms with van der Waals surface area (Å²) in [4.78, 5) is 0. The number of benzene rings is 10. The number of aromatic nitrogens is 2. The number of nitriles is 1. The number of hydrogen-bond donors (Lipinski definition) is 0. The third kappa shape index (κ3) is 9.08. The van der Waals surface area contributed by atoms with Crippen molar-refractivity contribution in [1.82, 2.24) is 9.13 Å². The van der Waals surface area contributed by atoms with Gasteiger partial charge in [-0.3, -0.25) is 0 Å². The van der Waals surface area contributed by atoms with Crippen molar-refractivity contribution in [2.75, 3.05) is 0 Å². The molecule has 3 nitrogen and oxygen atoms in total. The number of fused-ring (bicyclic) bond motifs is 6. The van der Waals surface area contributed by atoms with Crippen molar-refractivity contribution in [3.63, 3.8) is 0 Å². The zero-order valence-corrected chi connectivity index (χ0v) is 45.4. The van der Waals surface area contributed by atoms with Crippen molar-refractivity contribution in [1.29, 1.82) is 5.26 Å². The average molecular weight is 1060 g/mol. The Kier molecular flexibility index (Phi) is 12.3. The Bertz CT molecular complexity index is 4440. The van der Waals surface area contributed by atoms with Crippen molar-refractivity contribution < 1.29 is 26.3 Å². The Morgan fingerprint density at radius 2 is 0.688 bits per heavy atom. The highest BCUT2D eigenvalue weighted by Gasteiger charge is 2.40. The van der Waals surface area contributed by atoms with E-state index in [2.05, 4.69) is 66.7 Å². The van der Waals surface area contributed by atoms with Crippen LogP contribution in [-0.4, -0.2) is 9.13 Å². The second kappa shape index (κ2) is 19.1. The van der Waals surface area contributed by atoms with Crippen LogP contribution in [0.15, 0.2) is 176 Å². The first-order valence-electron chi connectivity index (χ1n) is 26.5. The van der Waals surface area contributed by atoms with E-state index >= 15 is 13.2 Å². The lowest BCUT2D eigenvalue weighted by Crippen LogP contribution is -2.14. The molecule has 0 saturated carbocycles. The van der Waals surface area contributed by atoms with Crippen molar-refractivity contribution in [3.05, 3.63) is 237 Å². The van der Waals surface area contributed by atoms with Crippen LogP contribution < -0.4 is 0 Å². The SMILES string of the molecule is Cc1cc(C)cc(-c2ccc3c4ccc(-c5cc(C)cc(C)c5)cc4n(-c4cc(C#N)cc(-n5c6cc(-c7cc(C)cc(C)c7)ccc6c6ccc(-c7ccc(C)c(C)c7)cc65)c4-c4ccc(C(F)(F)F)cc4C(F)(F)F)c3c2)c1. The molecule has 0 fully saturated rings. The van der Waals surface area contributed by atoms with Crippen LogP contribution in [0.4, 0.5) is 26.3 Å². The first kappa shape index (κ1) is 51.6. The zero-order valence-electron chi connectivity index (χ0n) is 45.4. The molecule has 394 valence electrons. The summed E-state index contributed by atoms with van der Waals surface area (Å²) in [6.07, 6.45) is -10.4. The molecule has 0 aliphatic rings. The van der Waals surface area contributed by atoms with E-state index in [1.54, 1.807) is 12.1 Å². The summed E-state index contributed by atoms with van der Waals surface area (Å²) in [5.74, 6) is 0. The molecular weight excluding hydrogens is 1010 g/mol. The predicted molar refractivity (Wildman–Crippen MR) is 315 cm³/mol. The Labute approximate surface area is 460 Å². The summed E-state index contributed by atoms with van der Waals surface area (Å²) in [5, 5.41) is 14.4. The number of alkyl halides is 6. The molecule has 2 heterocycles. The highest BCUT2D eigenvalue weighted by molar-refractivity contribution is 6.14. The Morgan fingerprint density at radius 3 is 1.02 bits per heavy atom. The number of aryl methyl sites for hydroxylation is 8. The summed E-state index contributed by atoms with van der Waals surface area (Å²) in [6, 6.07) is 56.6. The first-order chi connectivity index (χ1) is 38.1. The fourth-order valence-corrected chi connectivity index (χ4v) is 12.1. The summed E-state index contributed by atoms with van der Waals surface area (Å²) >= 11 is 0. The van der Waals surface area contributed by atoms with Crippen molar-refractivity contribution in [2.24, 2.45) is 0 Å². The number of nitrogens with zero attached hydrogens (tertiary/aromatic N) is 3. The van der Waals surface area contributed by atoms with E-state index < -0.39 is 29.0 Å². The molecule has 80 heavy (non-hydrogen) atoms. The van der Waals surface area contributed by atoms with E-state index in [4.69, 9.17) is 0 Å². The molecule has 12 aromatic rings. The fraction of sp³-hybridized carbons (Fsp3) is 0.141. The Hall–Kier alpha value is -9.13. The molecule has 0 aliphatic carbocycles. The lowest BCUT2D eigenvalue weighted by molar-refractivity contribution is -0.142. The van der Waals surface area contributed by atoms with Crippen LogP contribution in [-0.2, 0) is 12.4 Å². The van der Waals surface area contributed by atoms with E-state index in [0.29, 0.717) is 22.1 Å². The minimum atomic E-state index is -5.28. The summed E-state index contributed by atoms with van der Waals surface area (Å²) in [6.45, 7) is 16.2. The topological polar surface area (TPSA) is 33.6 Å². The minimum absolute atomic E-state index is 0.0235. The van der Waals surface area contributed by atoms with E-state index in [1.165, 1.54) is 0 Å². The third-order valence-corrected chi connectivity index (χ3v) is 15.7. The first-order valence-corrected chi connectivity index (χ1v) is 26.5. The largest absolute Gasteiger partial charge is 0.417 e. The smallest absolute Gasteiger partial charge is 0.308 e. The highest BCUT2D eigenvalue weighted by atomic mass is 19.4. The average Bonchev–Trinajstić information content (AvgIpc) is 4.09. The molecule has 0 atom stereocenters. The van der Waals surface area contributed by atoms with E-state index in [1.807, 2.05) is 149 Å². The molecule has 0 radical (unpaired) electrons. The quantitative estimate of drug-likeness (QED) is 0.146. The summed E-state index contributed by atoms with van der Waals surface area (Å²) in [7, 11) is 0. The normalized spacial score (nSPS) is 12.1. The number of rotatable bonds is 7. The zero-order chi connectivity index (χ0) is 56.3. The molecule has 0 amide bonds.